The monoisotopic (exact) mass is 492 g/mol. The Kier molecular flexibility index (Phi) is 5.61. The molecule has 0 aliphatic carbocycles. The van der Waals surface area contributed by atoms with Gasteiger partial charge < -0.3 is 10.1 Å². The molecular formula is C27H21FN8O. The summed E-state index contributed by atoms with van der Waals surface area (Å²) in [6.07, 6.45) is 9.62. The van der Waals surface area contributed by atoms with Gasteiger partial charge in [-0.05, 0) is 55.0 Å². The van der Waals surface area contributed by atoms with E-state index < -0.39 is 11.9 Å². The molecule has 0 saturated heterocycles. The predicted molar refractivity (Wildman–Crippen MR) is 138 cm³/mol. The summed E-state index contributed by atoms with van der Waals surface area (Å²) in [4.78, 5) is 21.8. The molecule has 0 fully saturated rings. The maximum Gasteiger partial charge on any atom is 0.168 e. The average molecular weight is 493 g/mol. The van der Waals surface area contributed by atoms with Crippen molar-refractivity contribution in [2.24, 2.45) is 7.05 Å². The number of hydrogen-bond acceptors (Lipinski definition) is 8. The minimum Gasteiger partial charge on any atom is -0.482 e. The standard InChI is InChI=1S/C27H21FN8O/c1-16(26-30-9-4-10-31-26)37-23-12-17(18-13-34-36(2)14-18)11-22-24(23)27(33-15-32-22)35-21-7-6-20-19(25(21)28)5-3-8-29-20/h3-16H,1-2H3,(H,32,33,35)/t16-/m1/s1. The van der Waals surface area contributed by atoms with Crippen LogP contribution in [-0.2, 0) is 7.05 Å². The Morgan fingerprint density at radius 1 is 0.919 bits per heavy atom. The van der Waals surface area contributed by atoms with Crippen LogP contribution in [-0.4, -0.2) is 34.7 Å². The van der Waals surface area contributed by atoms with Crippen molar-refractivity contribution in [2.45, 2.75) is 13.0 Å². The van der Waals surface area contributed by atoms with E-state index in [1.165, 1.54) is 6.33 Å². The molecule has 0 unspecified atom stereocenters. The quantitative estimate of drug-likeness (QED) is 0.330. The molecule has 0 radical (unpaired) electrons. The molecule has 9 nitrogen and oxygen atoms in total. The second-order valence-electron chi connectivity index (χ2n) is 8.48. The van der Waals surface area contributed by atoms with Gasteiger partial charge in [0.1, 0.15) is 17.9 Å². The van der Waals surface area contributed by atoms with Gasteiger partial charge in [-0.2, -0.15) is 5.10 Å². The third-order valence-corrected chi connectivity index (χ3v) is 5.97. The zero-order valence-electron chi connectivity index (χ0n) is 20.0. The first-order valence-corrected chi connectivity index (χ1v) is 11.6. The molecule has 6 aromatic rings. The first kappa shape index (κ1) is 22.5. The second-order valence-corrected chi connectivity index (χ2v) is 8.48. The summed E-state index contributed by atoms with van der Waals surface area (Å²) in [6, 6.07) is 12.4. The number of halogens is 1. The Morgan fingerprint density at radius 2 is 1.76 bits per heavy atom. The molecule has 4 heterocycles. The summed E-state index contributed by atoms with van der Waals surface area (Å²) in [7, 11) is 1.86. The van der Waals surface area contributed by atoms with Crippen molar-refractivity contribution in [1.29, 1.82) is 0 Å². The van der Waals surface area contributed by atoms with E-state index in [9.17, 15) is 0 Å². The highest BCUT2D eigenvalue weighted by atomic mass is 19.1. The second kappa shape index (κ2) is 9.23. The number of aryl methyl sites for hydroxylation is 1. The van der Waals surface area contributed by atoms with Crippen molar-refractivity contribution < 1.29 is 9.13 Å². The highest BCUT2D eigenvalue weighted by Gasteiger charge is 2.19. The number of hydrogen-bond donors (Lipinski definition) is 1. The van der Waals surface area contributed by atoms with Crippen molar-refractivity contribution in [1.82, 2.24) is 34.7 Å². The molecule has 2 aromatic carbocycles. The lowest BCUT2D eigenvalue weighted by Crippen LogP contribution is -2.08. The third kappa shape index (κ3) is 4.29. The van der Waals surface area contributed by atoms with Gasteiger partial charge in [0.15, 0.2) is 17.7 Å². The Balaban J connectivity index is 1.49. The molecule has 1 N–H and O–H groups in total. The first-order chi connectivity index (χ1) is 18.1. The molecule has 0 amide bonds. The van der Waals surface area contributed by atoms with Crippen LogP contribution in [0.4, 0.5) is 15.9 Å². The lowest BCUT2D eigenvalue weighted by atomic mass is 10.1. The van der Waals surface area contributed by atoms with E-state index in [2.05, 4.69) is 35.3 Å². The molecule has 0 spiro atoms. The van der Waals surface area contributed by atoms with E-state index in [1.807, 2.05) is 32.3 Å². The van der Waals surface area contributed by atoms with Gasteiger partial charge in [0.2, 0.25) is 0 Å². The van der Waals surface area contributed by atoms with E-state index in [0.29, 0.717) is 39.2 Å². The topological polar surface area (TPSA) is 104 Å². The Bertz CT molecular complexity index is 1740. The summed E-state index contributed by atoms with van der Waals surface area (Å²) in [5, 5.41) is 8.44. The number of aromatic nitrogens is 7. The number of pyridine rings is 1. The number of rotatable bonds is 6. The molecule has 0 aliphatic rings. The minimum absolute atomic E-state index is 0.266. The van der Waals surface area contributed by atoms with Crippen molar-refractivity contribution >= 4 is 33.3 Å². The summed E-state index contributed by atoms with van der Waals surface area (Å²) in [5.74, 6) is 1.02. The largest absolute Gasteiger partial charge is 0.482 e. The van der Waals surface area contributed by atoms with Crippen LogP contribution in [0.15, 0.2) is 79.8 Å². The molecule has 182 valence electrons. The predicted octanol–water partition coefficient (Wildman–Crippen LogP) is 5.39. The molecule has 0 aliphatic heterocycles. The first-order valence-electron chi connectivity index (χ1n) is 11.6. The number of ether oxygens (including phenoxy) is 1. The Morgan fingerprint density at radius 3 is 2.57 bits per heavy atom. The number of benzene rings is 2. The van der Waals surface area contributed by atoms with Crippen molar-refractivity contribution in [3.8, 4) is 16.9 Å². The van der Waals surface area contributed by atoms with Gasteiger partial charge >= 0.3 is 0 Å². The molecule has 0 bridgehead atoms. The lowest BCUT2D eigenvalue weighted by molar-refractivity contribution is 0.219. The molecule has 1 atom stereocenters. The Hall–Kier alpha value is -4.99. The van der Waals surface area contributed by atoms with Crippen molar-refractivity contribution in [3.05, 3.63) is 91.4 Å². The zero-order valence-corrected chi connectivity index (χ0v) is 20.0. The minimum atomic E-state index is -0.468. The van der Waals surface area contributed by atoms with Gasteiger partial charge in [0.05, 0.1) is 28.3 Å². The number of nitrogens with zero attached hydrogens (tertiary/aromatic N) is 7. The number of fused-ring (bicyclic) bond motifs is 2. The summed E-state index contributed by atoms with van der Waals surface area (Å²) in [6.45, 7) is 1.87. The fraction of sp³-hybridized carbons (Fsp3) is 0.111. The molecule has 4 aromatic heterocycles. The van der Waals surface area contributed by atoms with Crippen molar-refractivity contribution in [2.75, 3.05) is 5.32 Å². The molecule has 6 rings (SSSR count). The number of anilines is 2. The van der Waals surface area contributed by atoms with Gasteiger partial charge in [-0.1, -0.05) is 0 Å². The van der Waals surface area contributed by atoms with Crippen LogP contribution >= 0.6 is 0 Å². The zero-order chi connectivity index (χ0) is 25.4. The van der Waals surface area contributed by atoms with Crippen LogP contribution in [0.2, 0.25) is 0 Å². The van der Waals surface area contributed by atoms with Crippen molar-refractivity contribution in [3.63, 3.8) is 0 Å². The van der Waals surface area contributed by atoms with Gasteiger partial charge in [-0.15, -0.1) is 0 Å². The smallest absolute Gasteiger partial charge is 0.168 e. The molecule has 37 heavy (non-hydrogen) atoms. The fourth-order valence-corrected chi connectivity index (χ4v) is 4.18. The molecular weight excluding hydrogens is 471 g/mol. The van der Waals surface area contributed by atoms with Crippen LogP contribution in [0, 0.1) is 5.82 Å². The highest BCUT2D eigenvalue weighted by molar-refractivity contribution is 5.99. The SMILES string of the molecule is C[C@@H](Oc1cc(-c2cnn(C)c2)cc2ncnc(Nc3ccc4ncccc4c3F)c12)c1ncccn1. The normalized spacial score (nSPS) is 12.1. The maximum atomic E-state index is 15.4. The maximum absolute atomic E-state index is 15.4. The van der Waals surface area contributed by atoms with E-state index in [4.69, 9.17) is 4.74 Å². The Labute approximate surface area is 211 Å². The molecule has 0 saturated carbocycles. The van der Waals surface area contributed by atoms with Crippen LogP contribution in [0.25, 0.3) is 32.9 Å². The van der Waals surface area contributed by atoms with E-state index in [-0.39, 0.29) is 5.69 Å². The van der Waals surface area contributed by atoms with E-state index >= 15 is 4.39 Å². The average Bonchev–Trinajstić information content (AvgIpc) is 3.37. The fourth-order valence-electron chi connectivity index (χ4n) is 4.18. The van der Waals surface area contributed by atoms with Gasteiger partial charge in [-0.3, -0.25) is 9.67 Å². The van der Waals surface area contributed by atoms with Crippen LogP contribution in [0.3, 0.4) is 0 Å². The van der Waals surface area contributed by atoms with Gasteiger partial charge in [-0.25, -0.2) is 24.3 Å². The number of nitrogens with one attached hydrogen (secondary N) is 1. The lowest BCUT2D eigenvalue weighted by Gasteiger charge is -2.18. The summed E-state index contributed by atoms with van der Waals surface area (Å²) in [5.41, 5.74) is 3.23. The van der Waals surface area contributed by atoms with Crippen LogP contribution < -0.4 is 10.1 Å². The van der Waals surface area contributed by atoms with Gasteiger partial charge in [0, 0.05) is 42.8 Å². The summed E-state index contributed by atoms with van der Waals surface area (Å²) >= 11 is 0. The van der Waals surface area contributed by atoms with E-state index in [1.54, 1.807) is 59.8 Å². The van der Waals surface area contributed by atoms with Gasteiger partial charge in [0.25, 0.3) is 0 Å². The third-order valence-electron chi connectivity index (χ3n) is 5.97. The summed E-state index contributed by atoms with van der Waals surface area (Å²) < 4.78 is 23.5. The van der Waals surface area contributed by atoms with Crippen LogP contribution in [0.5, 0.6) is 5.75 Å². The highest BCUT2D eigenvalue weighted by Crippen LogP contribution is 2.38. The van der Waals surface area contributed by atoms with E-state index in [0.717, 1.165) is 11.1 Å². The molecule has 10 heteroatoms. The van der Waals surface area contributed by atoms with Crippen LogP contribution in [0.1, 0.15) is 18.9 Å².